The molecule has 3 N–H and O–H groups in total. The summed E-state index contributed by atoms with van der Waals surface area (Å²) in [6.45, 7) is 0.594. The Morgan fingerprint density at radius 3 is 2.42 bits per heavy atom. The van der Waals surface area contributed by atoms with Gasteiger partial charge in [-0.25, -0.2) is 0 Å². The molecule has 0 radical (unpaired) electrons. The van der Waals surface area contributed by atoms with Crippen molar-refractivity contribution < 1.29 is 9.11 Å². The van der Waals surface area contributed by atoms with Crippen LogP contribution in [0.2, 0.25) is 0 Å². The lowest BCUT2D eigenvalue weighted by Crippen LogP contribution is -2.23. The molecule has 2 aromatic carbocycles. The second kappa shape index (κ2) is 4.98. The van der Waals surface area contributed by atoms with E-state index in [9.17, 15) is 9.11 Å². The van der Waals surface area contributed by atoms with Crippen LogP contribution >= 0.6 is 10.6 Å². The van der Waals surface area contributed by atoms with Crippen LogP contribution < -0.4 is 5.32 Å². The first-order valence-electron chi connectivity index (χ1n) is 6.32. The van der Waals surface area contributed by atoms with E-state index in [-0.39, 0.29) is 6.04 Å². The van der Waals surface area contributed by atoms with Crippen LogP contribution in [0.1, 0.15) is 17.2 Å². The first-order valence-corrected chi connectivity index (χ1v) is 8.03. The molecule has 0 fully saturated rings. The van der Waals surface area contributed by atoms with Gasteiger partial charge in [0.2, 0.25) is 0 Å². The van der Waals surface area contributed by atoms with Gasteiger partial charge in [-0.3, -0.25) is 9.11 Å². The quantitative estimate of drug-likeness (QED) is 0.746. The molecule has 0 spiro atoms. The fourth-order valence-electron chi connectivity index (χ4n) is 2.53. The van der Waals surface area contributed by atoms with Crippen molar-refractivity contribution >= 4 is 10.6 Å². The SMILES string of the molecule is OS1(O)CCNC(c2ccccc2)c2ccccc21. The summed E-state index contributed by atoms with van der Waals surface area (Å²) in [5.74, 6) is 0.368. The Hall–Kier alpha value is -1.33. The number of fused-ring (bicyclic) bond motifs is 1. The Balaban J connectivity index is 2.12. The third-order valence-electron chi connectivity index (χ3n) is 3.45. The molecule has 0 saturated carbocycles. The molecule has 1 heterocycles. The predicted octanol–water partition coefficient (Wildman–Crippen LogP) is 3.49. The molecule has 3 rings (SSSR count). The lowest BCUT2D eigenvalue weighted by Gasteiger charge is -2.32. The lowest BCUT2D eigenvalue weighted by molar-refractivity contribution is 0.487. The molecule has 0 amide bonds. The monoisotopic (exact) mass is 275 g/mol. The summed E-state index contributed by atoms with van der Waals surface area (Å²) in [5.41, 5.74) is 2.11. The molecule has 1 atom stereocenters. The normalized spacial score (nSPS) is 23.2. The van der Waals surface area contributed by atoms with Crippen LogP contribution in [0.4, 0.5) is 0 Å². The zero-order valence-electron chi connectivity index (χ0n) is 10.5. The van der Waals surface area contributed by atoms with Crippen LogP contribution in [-0.2, 0) is 0 Å². The van der Waals surface area contributed by atoms with Gasteiger partial charge in [-0.1, -0.05) is 48.5 Å². The van der Waals surface area contributed by atoms with Gasteiger partial charge in [-0.05, 0) is 17.2 Å². The second-order valence-electron chi connectivity index (χ2n) is 4.71. The van der Waals surface area contributed by atoms with E-state index in [1.165, 1.54) is 0 Å². The minimum Gasteiger partial charge on any atom is -0.305 e. The minimum absolute atomic E-state index is 0.0195. The van der Waals surface area contributed by atoms with Crippen LogP contribution in [0.5, 0.6) is 0 Å². The Morgan fingerprint density at radius 2 is 1.63 bits per heavy atom. The van der Waals surface area contributed by atoms with Gasteiger partial charge in [-0.2, -0.15) is 10.6 Å². The van der Waals surface area contributed by atoms with Gasteiger partial charge >= 0.3 is 0 Å². The van der Waals surface area contributed by atoms with Crippen molar-refractivity contribution in [3.63, 3.8) is 0 Å². The Labute approximate surface area is 114 Å². The summed E-state index contributed by atoms with van der Waals surface area (Å²) in [6.07, 6.45) is 0. The van der Waals surface area contributed by atoms with Crippen LogP contribution in [0, 0.1) is 0 Å². The van der Waals surface area contributed by atoms with E-state index < -0.39 is 10.6 Å². The Morgan fingerprint density at radius 1 is 0.947 bits per heavy atom. The third-order valence-corrected chi connectivity index (χ3v) is 5.30. The zero-order chi connectivity index (χ0) is 13.3. The molecule has 1 aliphatic rings. The minimum atomic E-state index is -2.68. The number of hydrogen-bond donors (Lipinski definition) is 3. The fraction of sp³-hybridized carbons (Fsp3) is 0.200. The zero-order valence-corrected chi connectivity index (χ0v) is 11.3. The summed E-state index contributed by atoms with van der Waals surface area (Å²) in [5, 5.41) is 3.41. The van der Waals surface area contributed by atoms with E-state index in [1.54, 1.807) is 0 Å². The molecule has 19 heavy (non-hydrogen) atoms. The molecule has 0 aliphatic carbocycles. The van der Waals surface area contributed by atoms with Crippen LogP contribution in [-0.4, -0.2) is 21.4 Å². The summed E-state index contributed by atoms with van der Waals surface area (Å²) in [6, 6.07) is 17.7. The van der Waals surface area contributed by atoms with E-state index in [4.69, 9.17) is 0 Å². The highest BCUT2D eigenvalue weighted by Gasteiger charge is 2.27. The van der Waals surface area contributed by atoms with E-state index in [1.807, 2.05) is 42.5 Å². The first-order chi connectivity index (χ1) is 9.18. The van der Waals surface area contributed by atoms with Gasteiger partial charge < -0.3 is 5.32 Å². The predicted molar refractivity (Wildman–Crippen MR) is 78.7 cm³/mol. The van der Waals surface area contributed by atoms with Crippen molar-refractivity contribution in [2.45, 2.75) is 10.9 Å². The highest BCUT2D eigenvalue weighted by atomic mass is 32.3. The molecule has 0 aromatic heterocycles. The van der Waals surface area contributed by atoms with Crippen LogP contribution in [0.15, 0.2) is 59.5 Å². The van der Waals surface area contributed by atoms with Gasteiger partial charge in [0.25, 0.3) is 0 Å². The molecule has 0 saturated heterocycles. The van der Waals surface area contributed by atoms with Gasteiger partial charge in [0.15, 0.2) is 0 Å². The molecule has 4 heteroatoms. The molecule has 0 bridgehead atoms. The smallest absolute Gasteiger partial charge is 0.0635 e. The maximum Gasteiger partial charge on any atom is 0.0635 e. The average Bonchev–Trinajstić information content (AvgIpc) is 2.57. The van der Waals surface area contributed by atoms with Crippen molar-refractivity contribution in [3.05, 3.63) is 65.7 Å². The highest BCUT2D eigenvalue weighted by Crippen LogP contribution is 2.52. The molecule has 1 aliphatic heterocycles. The summed E-state index contributed by atoms with van der Waals surface area (Å²) in [7, 11) is -2.68. The van der Waals surface area contributed by atoms with Gasteiger partial charge in [-0.15, -0.1) is 0 Å². The van der Waals surface area contributed by atoms with E-state index in [0.717, 1.165) is 11.1 Å². The van der Waals surface area contributed by atoms with Crippen LogP contribution in [0.3, 0.4) is 0 Å². The molecular weight excluding hydrogens is 258 g/mol. The largest absolute Gasteiger partial charge is 0.305 e. The van der Waals surface area contributed by atoms with Gasteiger partial charge in [0, 0.05) is 6.54 Å². The standard InChI is InChI=1S/C15H17NO2S/c17-19(18)11-10-16-15(12-6-2-1-3-7-12)13-8-4-5-9-14(13)19/h1-9,15-18H,10-11H2. The number of benzene rings is 2. The first kappa shape index (κ1) is 12.7. The fourth-order valence-corrected chi connectivity index (χ4v) is 4.01. The molecular formula is C15H17NO2S. The molecule has 2 aromatic rings. The summed E-state index contributed by atoms with van der Waals surface area (Å²) in [4.78, 5) is 0.675. The number of rotatable bonds is 1. The summed E-state index contributed by atoms with van der Waals surface area (Å²) >= 11 is 0. The molecule has 100 valence electrons. The van der Waals surface area contributed by atoms with E-state index >= 15 is 0 Å². The third kappa shape index (κ3) is 2.40. The topological polar surface area (TPSA) is 52.5 Å². The number of nitrogens with one attached hydrogen (secondary N) is 1. The number of hydrogen-bond acceptors (Lipinski definition) is 3. The van der Waals surface area contributed by atoms with Crippen LogP contribution in [0.25, 0.3) is 0 Å². The maximum absolute atomic E-state index is 10.3. The van der Waals surface area contributed by atoms with Crippen molar-refractivity contribution in [3.8, 4) is 0 Å². The van der Waals surface area contributed by atoms with Crippen molar-refractivity contribution in [1.82, 2.24) is 5.32 Å². The Kier molecular flexibility index (Phi) is 3.33. The van der Waals surface area contributed by atoms with Gasteiger partial charge in [0.1, 0.15) is 0 Å². The van der Waals surface area contributed by atoms with Crippen molar-refractivity contribution in [2.75, 3.05) is 12.3 Å². The second-order valence-corrected chi connectivity index (χ2v) is 6.89. The van der Waals surface area contributed by atoms with Crippen molar-refractivity contribution in [1.29, 1.82) is 0 Å². The van der Waals surface area contributed by atoms with Gasteiger partial charge in [0.05, 0.1) is 16.7 Å². The van der Waals surface area contributed by atoms with E-state index in [0.29, 0.717) is 17.2 Å². The maximum atomic E-state index is 10.3. The Bertz CT molecular complexity index is 571. The van der Waals surface area contributed by atoms with E-state index in [2.05, 4.69) is 17.4 Å². The lowest BCUT2D eigenvalue weighted by atomic mass is 9.99. The molecule has 3 nitrogen and oxygen atoms in total. The average molecular weight is 275 g/mol. The summed E-state index contributed by atoms with van der Waals surface area (Å²) < 4.78 is 20.5. The van der Waals surface area contributed by atoms with Crippen molar-refractivity contribution in [2.24, 2.45) is 0 Å². The molecule has 1 unspecified atom stereocenters. The highest BCUT2D eigenvalue weighted by molar-refractivity contribution is 8.24.